The fraction of sp³-hybridized carbons (Fsp3) is 0.400. The zero-order valence-electron chi connectivity index (χ0n) is 30.3. The molecule has 404 valence electrons. The van der Waals surface area contributed by atoms with E-state index in [9.17, 15) is 0 Å². The van der Waals surface area contributed by atoms with Crippen LogP contribution in [0.1, 0.15) is 25.7 Å². The molecule has 0 aliphatic heterocycles. The van der Waals surface area contributed by atoms with Gasteiger partial charge >= 0.3 is 0 Å². The Morgan fingerprint density at radius 2 is 0.323 bits per heavy atom. The summed E-state index contributed by atoms with van der Waals surface area (Å²) < 4.78 is 8.67. The van der Waals surface area contributed by atoms with Gasteiger partial charge in [0, 0.05) is 169 Å². The molecule has 62 heavy (non-hydrogen) atoms. The van der Waals surface area contributed by atoms with Gasteiger partial charge < -0.3 is 142 Å². The molecule has 4 N–H and O–H groups in total. The molecule has 4 aromatic rings. The second kappa shape index (κ2) is 168. The number of hydrogen-bond donors (Lipinski definition) is 4. The summed E-state index contributed by atoms with van der Waals surface area (Å²) in [4.78, 5) is 12.1. The van der Waals surface area contributed by atoms with Crippen molar-refractivity contribution in [1.82, 2.24) is 19.9 Å². The molecule has 0 bridgehead atoms. The first-order valence-electron chi connectivity index (χ1n) is 9.97. The summed E-state index contributed by atoms with van der Waals surface area (Å²) in [5, 5.41) is 0. The third-order valence-corrected chi connectivity index (χ3v) is 4.58. The molecule has 0 amide bonds. The number of rotatable bonds is 10. The molecule has 0 unspecified atom stereocenters. The van der Waals surface area contributed by atoms with Crippen LogP contribution in [0.4, 0.5) is 0 Å². The molecule has 0 saturated carbocycles. The first-order valence-corrected chi connectivity index (χ1v) is 9.97. The average Bonchev–Trinajstić information content (AvgIpc) is 3.51. The van der Waals surface area contributed by atoms with E-state index in [4.69, 9.17) is 0 Å². The number of aromatic nitrogens is 8. The summed E-state index contributed by atoms with van der Waals surface area (Å²) in [7, 11) is 0. The van der Waals surface area contributed by atoms with Crippen molar-refractivity contribution in [2.75, 3.05) is 0 Å². The molecule has 34 nitrogen and oxygen atoms in total. The van der Waals surface area contributed by atoms with Crippen LogP contribution in [0.5, 0.6) is 0 Å². The number of aryl methyl sites for hydroxylation is 4. The zero-order chi connectivity index (χ0) is 19.3. The van der Waals surface area contributed by atoms with Crippen molar-refractivity contribution in [3.63, 3.8) is 0 Å². The second-order valence-corrected chi connectivity index (χ2v) is 6.81. The normalized spacial score (nSPS) is 4.77. The second-order valence-electron chi connectivity index (χ2n) is 6.81. The number of nitrogens with zero attached hydrogens (tertiary/aromatic N) is 4. The topological polar surface area (TPSA) is 820 Å². The Kier molecular flexibility index (Phi) is 681. The minimum atomic E-state index is 0. The summed E-state index contributed by atoms with van der Waals surface area (Å²) in [6, 6.07) is 0. The molecule has 0 aliphatic rings. The molecule has 0 atom stereocenters. The van der Waals surface area contributed by atoms with Gasteiger partial charge in [0.2, 0.25) is 25.3 Å². The molecule has 4 heterocycles. The molecule has 0 radical (unpaired) electrons. The SMILES string of the molecule is [Mo].[Mo].[Mo].[Mo].[Mo].[Mo].[Mo].[Mo].[O-2].[O-2].[O-2].[O-2].[O-2].[O-2].[O-2].[O-2].[O-2].[O-2].[O-2].[O-2].[O-2].[O-2].[O-2].[O-2].[O-2].[O-2].[O-2].[O-2].[O-2].[O-2].[O-2].[O-2].[O-2].[O-2].c1c[n+](CCCC[n+]2cc[nH]c2)c[nH]1.c1c[n+](CCCC[n+]2cc[nH]c2)c[nH]1. The Morgan fingerprint density at radius 1 is 0.210 bits per heavy atom. The van der Waals surface area contributed by atoms with E-state index in [2.05, 4.69) is 63.0 Å². The zero-order valence-corrected chi connectivity index (χ0v) is 46.3. The third kappa shape index (κ3) is 119. The predicted molar refractivity (Wildman–Crippen MR) is 120 cm³/mol. The summed E-state index contributed by atoms with van der Waals surface area (Å²) in [6.45, 7) is 4.37. The van der Waals surface area contributed by atoms with Crippen LogP contribution in [0.25, 0.3) is 0 Å². The third-order valence-electron chi connectivity index (χ3n) is 4.58. The maximum absolute atomic E-state index is 3.04. The minimum absolute atomic E-state index is 0. The molecule has 0 aromatic carbocycles. The van der Waals surface area contributed by atoms with E-state index in [0.29, 0.717) is 0 Å². The molecule has 42 heteroatoms. The number of nitrogens with one attached hydrogen (secondary N) is 4. The first kappa shape index (κ1) is 251. The summed E-state index contributed by atoms with van der Waals surface area (Å²) in [5.74, 6) is 0. The fourth-order valence-corrected chi connectivity index (χ4v) is 3.02. The van der Waals surface area contributed by atoms with Crippen molar-refractivity contribution < 1.29 is 329 Å². The summed E-state index contributed by atoms with van der Waals surface area (Å²) >= 11 is 0. The van der Waals surface area contributed by atoms with E-state index < -0.39 is 0 Å². The van der Waals surface area contributed by atoms with Crippen molar-refractivity contribution in [2.24, 2.45) is 0 Å². The Morgan fingerprint density at radius 3 is 0.403 bits per heavy atom. The molecular weight excluding hydrogens is 1540 g/mol. The van der Waals surface area contributed by atoms with Gasteiger partial charge in [-0.1, -0.05) is 0 Å². The van der Waals surface area contributed by atoms with E-state index >= 15 is 0 Å². The van der Waals surface area contributed by atoms with E-state index in [1.54, 1.807) is 0 Å². The van der Waals surface area contributed by atoms with Gasteiger partial charge in [-0.05, 0) is 25.7 Å². The van der Waals surface area contributed by atoms with Crippen molar-refractivity contribution in [1.29, 1.82) is 0 Å². The molecule has 0 fully saturated rings. The van der Waals surface area contributed by atoms with Crippen LogP contribution < -0.4 is 18.3 Å². The van der Waals surface area contributed by atoms with Crippen LogP contribution in [0, 0.1) is 0 Å². The average molecular weight is 1570 g/mol. The van der Waals surface area contributed by atoms with Gasteiger partial charge in [-0.15, -0.1) is 0 Å². The standard InChI is InChI=1S/2C10H14N4.8Mo.26O/c2*1(5-13-7-3-11-9-13)2-6-14-8-4-12-10-14;;;;;;;;;;;;;;;;;;;;;;;;;;;;;;;;;;/h2*3-4,7-10H,1-2,5-6H2;;;;;;;;;;;;;;;;;;;;;;;;;;;;;;;;;;/q;;;;;;;;;;26*-2/p+4. The number of imidazole rings is 4. The van der Waals surface area contributed by atoms with Gasteiger partial charge in [0.05, 0.1) is 26.2 Å². The number of hydrogen-bond acceptors (Lipinski definition) is 0. The van der Waals surface area contributed by atoms with E-state index in [1.807, 2.05) is 50.1 Å². The van der Waals surface area contributed by atoms with E-state index in [1.165, 1.54) is 25.7 Å². The largest absolute Gasteiger partial charge is 2.00 e. The molecule has 0 saturated heterocycles. The summed E-state index contributed by atoms with van der Waals surface area (Å²) in [6.07, 6.45) is 28.8. The van der Waals surface area contributed by atoms with Gasteiger partial charge in [0.25, 0.3) is 0 Å². The first-order chi connectivity index (χ1) is 13.9. The van der Waals surface area contributed by atoms with Crippen molar-refractivity contribution in [2.45, 2.75) is 51.9 Å². The Hall–Kier alpha value is 1.31. The van der Waals surface area contributed by atoms with E-state index in [0.717, 1.165) is 26.2 Å². The van der Waals surface area contributed by atoms with Gasteiger partial charge in [-0.2, -0.15) is 0 Å². The Labute approximate surface area is 471 Å². The van der Waals surface area contributed by atoms with Crippen LogP contribution in [-0.2, 0) is 337 Å². The molecule has 0 spiro atoms. The van der Waals surface area contributed by atoms with Crippen LogP contribution >= 0.6 is 0 Å². The maximum atomic E-state index is 3.04. The van der Waals surface area contributed by atoms with Gasteiger partial charge in [0.1, 0.15) is 49.6 Å². The molecule has 4 aromatic heterocycles. The molecule has 0 aliphatic carbocycles. The van der Waals surface area contributed by atoms with E-state index in [-0.39, 0.29) is 311 Å². The Balaban J connectivity index is -0.00000000625. The Bertz CT molecular complexity index is 761. The van der Waals surface area contributed by atoms with Gasteiger partial charge in [-0.3, -0.25) is 19.9 Å². The number of aromatic amines is 4. The van der Waals surface area contributed by atoms with Gasteiger partial charge in [0.15, 0.2) is 0 Å². The van der Waals surface area contributed by atoms with Crippen molar-refractivity contribution >= 4 is 0 Å². The summed E-state index contributed by atoms with van der Waals surface area (Å²) in [5.41, 5.74) is 0. The minimum Gasteiger partial charge on any atom is -2.00 e. The molecule has 4 rings (SSSR count). The predicted octanol–water partition coefficient (Wildman–Crippen LogP) is -2.31. The van der Waals surface area contributed by atoms with Crippen LogP contribution in [0.2, 0.25) is 0 Å². The number of unbranched alkanes of at least 4 members (excludes halogenated alkanes) is 2. The van der Waals surface area contributed by atoms with Crippen molar-refractivity contribution in [3.05, 3.63) is 74.9 Å². The van der Waals surface area contributed by atoms with Crippen LogP contribution in [-0.4, -0.2) is 19.9 Å². The van der Waals surface area contributed by atoms with Gasteiger partial charge in [-0.25, -0.2) is 18.3 Å². The monoisotopic (exact) mass is 1580 g/mol. The van der Waals surface area contributed by atoms with Crippen LogP contribution in [0.15, 0.2) is 74.9 Å². The maximum Gasteiger partial charge on any atom is 0.241 e. The van der Waals surface area contributed by atoms with Crippen LogP contribution in [0.3, 0.4) is 0 Å². The van der Waals surface area contributed by atoms with Crippen molar-refractivity contribution in [3.8, 4) is 0 Å². The fourth-order valence-electron chi connectivity index (χ4n) is 3.02. The quantitative estimate of drug-likeness (QED) is 0.0739. The molecular formula is C20H32Mo8N8O26-48. The number of H-pyrrole nitrogens is 4. The smallest absolute Gasteiger partial charge is 0.241 e.